The summed E-state index contributed by atoms with van der Waals surface area (Å²) in [7, 11) is 1.34. The van der Waals surface area contributed by atoms with Gasteiger partial charge in [0.1, 0.15) is 25.2 Å². The van der Waals surface area contributed by atoms with Gasteiger partial charge in [-0.15, -0.1) is 0 Å². The van der Waals surface area contributed by atoms with Gasteiger partial charge in [-0.05, 0) is 62.6 Å². The Balaban J connectivity index is 2.31. The number of oxime groups is 1. The smallest absolute Gasteiger partial charge is 0.236 e. The first-order valence-electron chi connectivity index (χ1n) is 8.39. The minimum atomic E-state index is -0.480. The molecular weight excluding hydrogens is 341 g/mol. The van der Waals surface area contributed by atoms with Crippen molar-refractivity contribution in [3.63, 3.8) is 0 Å². The van der Waals surface area contributed by atoms with E-state index in [9.17, 15) is 4.39 Å². The van der Waals surface area contributed by atoms with Crippen molar-refractivity contribution in [2.24, 2.45) is 5.16 Å². The molecular formula is C19H28FNO3S. The molecule has 0 atom stereocenters. The van der Waals surface area contributed by atoms with E-state index in [1.807, 2.05) is 45.1 Å². The first-order chi connectivity index (χ1) is 12.1. The lowest BCUT2D eigenvalue weighted by Crippen LogP contribution is -2.03. The largest absolute Gasteiger partial charge is 0.493 e. The average molecular weight is 370 g/mol. The number of ether oxygens (including phenoxy) is 2. The number of nitrogens with zero attached hydrogens (tertiary/aromatic N) is 1. The van der Waals surface area contributed by atoms with E-state index in [0.717, 1.165) is 41.2 Å². The molecule has 6 heteroatoms. The van der Waals surface area contributed by atoms with Gasteiger partial charge < -0.3 is 14.3 Å². The highest BCUT2D eigenvalue weighted by Gasteiger charge is 2.07. The van der Waals surface area contributed by atoms with E-state index in [4.69, 9.17) is 9.47 Å². The third-order valence-electron chi connectivity index (χ3n) is 3.36. The van der Waals surface area contributed by atoms with Gasteiger partial charge in [0.05, 0.1) is 12.4 Å². The zero-order valence-corrected chi connectivity index (χ0v) is 16.3. The van der Waals surface area contributed by atoms with Crippen molar-refractivity contribution in [1.82, 2.24) is 0 Å². The van der Waals surface area contributed by atoms with Crippen LogP contribution in [0.5, 0.6) is 11.5 Å². The topological polar surface area (TPSA) is 40.0 Å². The first kappa shape index (κ1) is 21.4. The van der Waals surface area contributed by atoms with Gasteiger partial charge in [-0.25, -0.2) is 0 Å². The maximum Gasteiger partial charge on any atom is 0.236 e. The van der Waals surface area contributed by atoms with Crippen molar-refractivity contribution in [3.05, 3.63) is 35.4 Å². The quantitative estimate of drug-likeness (QED) is 0.223. The fourth-order valence-electron chi connectivity index (χ4n) is 2.22. The molecule has 0 saturated heterocycles. The molecule has 0 heterocycles. The predicted molar refractivity (Wildman–Crippen MR) is 104 cm³/mol. The summed E-state index contributed by atoms with van der Waals surface area (Å²) in [6.45, 7) is 7.24. The van der Waals surface area contributed by atoms with E-state index in [1.165, 1.54) is 18.9 Å². The molecule has 0 aliphatic rings. The van der Waals surface area contributed by atoms with E-state index in [0.29, 0.717) is 13.2 Å². The van der Waals surface area contributed by atoms with Crippen LogP contribution in [-0.2, 0) is 4.84 Å². The van der Waals surface area contributed by atoms with Gasteiger partial charge in [0.15, 0.2) is 0 Å². The molecule has 0 aromatic heterocycles. The molecule has 1 rings (SSSR count). The Morgan fingerprint density at radius 2 is 1.92 bits per heavy atom. The number of aryl methyl sites for hydroxylation is 2. The summed E-state index contributed by atoms with van der Waals surface area (Å²) in [6.07, 6.45) is 5.83. The number of thioether (sulfide) groups is 1. The maximum atomic E-state index is 13.0. The molecule has 0 spiro atoms. The average Bonchev–Trinajstić information content (AvgIpc) is 2.56. The first-order valence-corrected chi connectivity index (χ1v) is 9.55. The lowest BCUT2D eigenvalue weighted by Gasteiger charge is -2.14. The molecule has 0 bridgehead atoms. The summed E-state index contributed by atoms with van der Waals surface area (Å²) in [6, 6.07) is 4.00. The third kappa shape index (κ3) is 8.82. The van der Waals surface area contributed by atoms with Crippen LogP contribution in [0, 0.1) is 13.8 Å². The Bertz CT molecular complexity index is 553. The van der Waals surface area contributed by atoms with Gasteiger partial charge in [-0.2, -0.15) is 16.2 Å². The Morgan fingerprint density at radius 3 is 2.56 bits per heavy atom. The number of hydrogen-bond donors (Lipinski definition) is 0. The molecule has 0 unspecified atom stereocenters. The van der Waals surface area contributed by atoms with Crippen LogP contribution in [0.15, 0.2) is 29.4 Å². The molecule has 0 N–H and O–H groups in total. The van der Waals surface area contributed by atoms with Crippen LogP contribution in [0.25, 0.3) is 0 Å². The molecule has 0 amide bonds. The summed E-state index contributed by atoms with van der Waals surface area (Å²) in [4.78, 5) is 4.37. The summed E-state index contributed by atoms with van der Waals surface area (Å²) in [5.74, 6) is 2.42. The number of rotatable bonds is 12. The zero-order chi connectivity index (χ0) is 18.5. The van der Waals surface area contributed by atoms with Gasteiger partial charge in [-0.1, -0.05) is 17.3 Å². The van der Waals surface area contributed by atoms with Crippen LogP contribution in [0.1, 0.15) is 30.9 Å². The number of unbranched alkanes of at least 4 members (excludes halogenated alkanes) is 1. The molecule has 4 nitrogen and oxygen atoms in total. The zero-order valence-electron chi connectivity index (χ0n) is 15.5. The van der Waals surface area contributed by atoms with Crippen molar-refractivity contribution in [3.8, 4) is 11.5 Å². The van der Waals surface area contributed by atoms with Gasteiger partial charge in [0.2, 0.25) is 5.97 Å². The summed E-state index contributed by atoms with van der Waals surface area (Å²) < 4.78 is 24.6. The molecule has 25 heavy (non-hydrogen) atoms. The molecule has 0 saturated carbocycles. The van der Waals surface area contributed by atoms with Crippen molar-refractivity contribution < 1.29 is 18.7 Å². The summed E-state index contributed by atoms with van der Waals surface area (Å²) in [5, 5.41) is 3.24. The molecule has 0 aliphatic carbocycles. The fourth-order valence-corrected chi connectivity index (χ4v) is 3.00. The third-order valence-corrected chi connectivity index (χ3v) is 4.38. The van der Waals surface area contributed by atoms with Gasteiger partial charge in [-0.3, -0.25) is 0 Å². The minimum absolute atomic E-state index is 0.252. The lowest BCUT2D eigenvalue weighted by molar-refractivity contribution is 0.209. The Kier molecular flexibility index (Phi) is 10.8. The molecule has 0 aliphatic heterocycles. The van der Waals surface area contributed by atoms with Crippen LogP contribution >= 0.6 is 11.8 Å². The maximum absolute atomic E-state index is 13.0. The second-order valence-corrected chi connectivity index (χ2v) is 6.63. The van der Waals surface area contributed by atoms with Crippen LogP contribution in [0.3, 0.4) is 0 Å². The second-order valence-electron chi connectivity index (χ2n) is 5.52. The van der Waals surface area contributed by atoms with Gasteiger partial charge in [0, 0.05) is 0 Å². The van der Waals surface area contributed by atoms with Crippen molar-refractivity contribution >= 4 is 17.7 Å². The second kappa shape index (κ2) is 12.6. The summed E-state index contributed by atoms with van der Waals surface area (Å²) >= 11 is 1.50. The monoisotopic (exact) mass is 369 g/mol. The van der Waals surface area contributed by atoms with Crippen LogP contribution in [-0.4, -0.2) is 37.8 Å². The number of benzene rings is 1. The Hall–Kier alpha value is -1.69. The van der Waals surface area contributed by atoms with Crippen molar-refractivity contribution in [1.29, 1.82) is 0 Å². The molecule has 0 radical (unpaired) electrons. The van der Waals surface area contributed by atoms with E-state index in [-0.39, 0.29) is 5.75 Å². The van der Waals surface area contributed by atoms with E-state index >= 15 is 0 Å². The minimum Gasteiger partial charge on any atom is -0.493 e. The Labute approximate surface area is 154 Å². The molecule has 140 valence electrons. The van der Waals surface area contributed by atoms with Crippen LogP contribution in [0.4, 0.5) is 4.39 Å². The predicted octanol–water partition coefficient (Wildman–Crippen LogP) is 5.08. The van der Waals surface area contributed by atoms with E-state index in [1.54, 1.807) is 0 Å². The van der Waals surface area contributed by atoms with Gasteiger partial charge in [0.25, 0.3) is 0 Å². The number of halogens is 1. The van der Waals surface area contributed by atoms with E-state index in [2.05, 4.69) is 9.99 Å². The number of hydrogen-bond acceptors (Lipinski definition) is 5. The lowest BCUT2D eigenvalue weighted by atomic mass is 10.1. The highest BCUT2D eigenvalue weighted by atomic mass is 32.2. The van der Waals surface area contributed by atoms with Crippen molar-refractivity contribution in [2.75, 3.05) is 31.8 Å². The molecule has 1 aromatic rings. The van der Waals surface area contributed by atoms with Gasteiger partial charge >= 0.3 is 0 Å². The highest BCUT2D eigenvalue weighted by Crippen LogP contribution is 2.28. The Morgan fingerprint density at radius 1 is 1.20 bits per heavy atom. The van der Waals surface area contributed by atoms with Crippen LogP contribution in [0.2, 0.25) is 0 Å². The molecule has 0 fully saturated rings. The molecule has 1 aromatic carbocycles. The van der Waals surface area contributed by atoms with Crippen molar-refractivity contribution in [2.45, 2.75) is 33.6 Å². The normalized spacial score (nSPS) is 11.8. The standard InChI is InChI=1S/C19H28FNO3S/c1-5-6-9-23-17-12-15(2)19(16(3)13-17)24-10-7-8-11-25-14-18(20)21-22-4/h5-6,12-13H,7-11,14H2,1-4H3/b6-5+,21-18-. The highest BCUT2D eigenvalue weighted by molar-refractivity contribution is 7.99. The van der Waals surface area contributed by atoms with Crippen LogP contribution < -0.4 is 9.47 Å². The fraction of sp³-hybridized carbons (Fsp3) is 0.526. The summed E-state index contributed by atoms with van der Waals surface area (Å²) in [5.41, 5.74) is 2.14. The van der Waals surface area contributed by atoms with E-state index < -0.39 is 5.97 Å². The number of allylic oxidation sites excluding steroid dienone is 1. The SMILES string of the molecule is C/C=C/COc1cc(C)c(OCCCCSC/C(F)=N/OC)c(C)c1.